The van der Waals surface area contributed by atoms with Crippen LogP contribution in [0.2, 0.25) is 0 Å². The Labute approximate surface area is 107 Å². The molecule has 18 heavy (non-hydrogen) atoms. The first-order valence-electron chi connectivity index (χ1n) is 6.11. The van der Waals surface area contributed by atoms with Crippen molar-refractivity contribution in [2.45, 2.75) is 26.8 Å². The van der Waals surface area contributed by atoms with Crippen LogP contribution in [-0.2, 0) is 16.1 Å². The van der Waals surface area contributed by atoms with Crippen molar-refractivity contribution in [2.75, 3.05) is 6.54 Å². The lowest BCUT2D eigenvalue weighted by Gasteiger charge is -2.18. The second-order valence-electron chi connectivity index (χ2n) is 4.94. The molecule has 0 saturated carbocycles. The van der Waals surface area contributed by atoms with Crippen LogP contribution >= 0.6 is 0 Å². The summed E-state index contributed by atoms with van der Waals surface area (Å²) >= 11 is 0. The van der Waals surface area contributed by atoms with Gasteiger partial charge in [-0.3, -0.25) is 9.59 Å². The van der Waals surface area contributed by atoms with E-state index in [9.17, 15) is 9.59 Å². The van der Waals surface area contributed by atoms with Crippen molar-refractivity contribution in [3.63, 3.8) is 0 Å². The van der Waals surface area contributed by atoms with Crippen molar-refractivity contribution in [1.29, 1.82) is 0 Å². The summed E-state index contributed by atoms with van der Waals surface area (Å²) in [6, 6.07) is 6.06. The number of carbonyl (C=O) groups excluding carboxylic acids is 2. The zero-order valence-corrected chi connectivity index (χ0v) is 10.8. The van der Waals surface area contributed by atoms with E-state index < -0.39 is 0 Å². The van der Waals surface area contributed by atoms with E-state index in [0.717, 1.165) is 5.56 Å². The number of nitrogens with two attached hydrogens (primary N) is 1. The van der Waals surface area contributed by atoms with E-state index in [4.69, 9.17) is 5.73 Å². The zero-order valence-electron chi connectivity index (χ0n) is 10.8. The Hall–Kier alpha value is -1.84. The van der Waals surface area contributed by atoms with Gasteiger partial charge in [0.25, 0.3) is 0 Å². The highest BCUT2D eigenvalue weighted by Gasteiger charge is 2.33. The molecular formula is C14H18N2O2. The Balaban J connectivity index is 2.13. The molecule has 1 heterocycles. The maximum absolute atomic E-state index is 11.8. The fourth-order valence-corrected chi connectivity index (χ4v) is 2.30. The number of nitrogens with zero attached hydrogens (tertiary/aromatic N) is 1. The highest BCUT2D eigenvalue weighted by Crippen LogP contribution is 2.22. The molecule has 1 fully saturated rings. The number of primary amides is 1. The molecule has 2 rings (SSSR count). The van der Waals surface area contributed by atoms with Gasteiger partial charge in [-0.1, -0.05) is 18.2 Å². The number of rotatable bonds is 3. The topological polar surface area (TPSA) is 63.4 Å². The molecule has 0 aromatic heterocycles. The molecule has 1 saturated heterocycles. The smallest absolute Gasteiger partial charge is 0.223 e. The molecule has 1 aromatic carbocycles. The summed E-state index contributed by atoms with van der Waals surface area (Å²) in [6.07, 6.45) is 0.250. The number of hydrogen-bond donors (Lipinski definition) is 1. The fourth-order valence-electron chi connectivity index (χ4n) is 2.30. The molecule has 1 aromatic rings. The van der Waals surface area contributed by atoms with E-state index in [1.807, 2.05) is 12.1 Å². The van der Waals surface area contributed by atoms with Gasteiger partial charge in [-0.15, -0.1) is 0 Å². The van der Waals surface area contributed by atoms with E-state index in [2.05, 4.69) is 19.9 Å². The fraction of sp³-hybridized carbons (Fsp3) is 0.429. The molecular weight excluding hydrogens is 228 g/mol. The first-order valence-corrected chi connectivity index (χ1v) is 6.11. The molecule has 1 atom stereocenters. The number of carbonyl (C=O) groups is 2. The molecule has 1 aliphatic rings. The second-order valence-corrected chi connectivity index (χ2v) is 4.94. The first-order chi connectivity index (χ1) is 8.49. The Morgan fingerprint density at radius 3 is 2.78 bits per heavy atom. The maximum atomic E-state index is 11.8. The molecule has 1 unspecified atom stereocenters. The van der Waals surface area contributed by atoms with Crippen molar-refractivity contribution in [3.8, 4) is 0 Å². The zero-order chi connectivity index (χ0) is 13.3. The summed E-state index contributed by atoms with van der Waals surface area (Å²) in [6.45, 7) is 5.12. The highest BCUT2D eigenvalue weighted by molar-refractivity contribution is 5.88. The molecule has 0 spiro atoms. The van der Waals surface area contributed by atoms with Crippen molar-refractivity contribution in [1.82, 2.24) is 4.90 Å². The van der Waals surface area contributed by atoms with Gasteiger partial charge >= 0.3 is 0 Å². The SMILES string of the molecule is Cc1cccc(CN2CC(C(N)=O)CC2=O)c1C. The lowest BCUT2D eigenvalue weighted by Crippen LogP contribution is -2.28. The Morgan fingerprint density at radius 2 is 2.17 bits per heavy atom. The summed E-state index contributed by atoms with van der Waals surface area (Å²) in [4.78, 5) is 24.6. The Bertz CT molecular complexity index is 497. The lowest BCUT2D eigenvalue weighted by molar-refractivity contribution is -0.128. The van der Waals surface area contributed by atoms with E-state index in [-0.39, 0.29) is 24.2 Å². The van der Waals surface area contributed by atoms with Crippen molar-refractivity contribution < 1.29 is 9.59 Å². The number of amides is 2. The molecule has 0 aliphatic carbocycles. The average molecular weight is 246 g/mol. The minimum absolute atomic E-state index is 0.0136. The third-order valence-electron chi connectivity index (χ3n) is 3.69. The van der Waals surface area contributed by atoms with Gasteiger partial charge in [-0.25, -0.2) is 0 Å². The van der Waals surface area contributed by atoms with Crippen LogP contribution in [0.5, 0.6) is 0 Å². The Kier molecular flexibility index (Phi) is 3.36. The van der Waals surface area contributed by atoms with Crippen LogP contribution in [0, 0.1) is 19.8 Å². The van der Waals surface area contributed by atoms with Crippen LogP contribution in [0.4, 0.5) is 0 Å². The van der Waals surface area contributed by atoms with E-state index >= 15 is 0 Å². The first kappa shape index (κ1) is 12.6. The molecule has 4 heteroatoms. The predicted molar refractivity (Wildman–Crippen MR) is 68.6 cm³/mol. The minimum atomic E-state index is -0.383. The summed E-state index contributed by atoms with van der Waals surface area (Å²) < 4.78 is 0. The summed E-state index contributed by atoms with van der Waals surface area (Å²) in [5, 5.41) is 0. The van der Waals surface area contributed by atoms with Gasteiger partial charge < -0.3 is 10.6 Å². The van der Waals surface area contributed by atoms with Gasteiger partial charge in [0, 0.05) is 19.5 Å². The normalized spacial score (nSPS) is 19.3. The number of aryl methyl sites for hydroxylation is 1. The standard InChI is InChI=1S/C14H18N2O2/c1-9-4-3-5-11(10(9)2)7-16-8-12(14(15)18)6-13(16)17/h3-5,12H,6-8H2,1-2H3,(H2,15,18). The molecule has 2 N–H and O–H groups in total. The number of hydrogen-bond acceptors (Lipinski definition) is 2. The van der Waals surface area contributed by atoms with E-state index in [1.54, 1.807) is 4.90 Å². The summed E-state index contributed by atoms with van der Waals surface area (Å²) in [7, 11) is 0. The van der Waals surface area contributed by atoms with Crippen molar-refractivity contribution in [2.24, 2.45) is 11.7 Å². The number of likely N-dealkylation sites (tertiary alicyclic amines) is 1. The quantitative estimate of drug-likeness (QED) is 0.869. The molecule has 0 radical (unpaired) electrons. The highest BCUT2D eigenvalue weighted by atomic mass is 16.2. The second kappa shape index (κ2) is 4.80. The molecule has 2 amide bonds. The molecule has 1 aliphatic heterocycles. The van der Waals surface area contributed by atoms with Gasteiger partial charge in [-0.05, 0) is 30.5 Å². The van der Waals surface area contributed by atoms with Crippen LogP contribution in [0.3, 0.4) is 0 Å². The van der Waals surface area contributed by atoms with Crippen molar-refractivity contribution in [3.05, 3.63) is 34.9 Å². The van der Waals surface area contributed by atoms with Crippen molar-refractivity contribution >= 4 is 11.8 Å². The van der Waals surface area contributed by atoms with Crippen LogP contribution in [0.25, 0.3) is 0 Å². The third kappa shape index (κ3) is 2.37. The molecule has 4 nitrogen and oxygen atoms in total. The monoisotopic (exact) mass is 246 g/mol. The van der Waals surface area contributed by atoms with Crippen LogP contribution in [0.1, 0.15) is 23.1 Å². The van der Waals surface area contributed by atoms with Gasteiger partial charge in [-0.2, -0.15) is 0 Å². The molecule has 96 valence electrons. The van der Waals surface area contributed by atoms with Crippen LogP contribution in [0.15, 0.2) is 18.2 Å². The molecule has 0 bridgehead atoms. The van der Waals surface area contributed by atoms with Gasteiger partial charge in [0.2, 0.25) is 11.8 Å². The summed E-state index contributed by atoms with van der Waals surface area (Å²) in [5.41, 5.74) is 8.80. The van der Waals surface area contributed by atoms with Gasteiger partial charge in [0.1, 0.15) is 0 Å². The van der Waals surface area contributed by atoms with Gasteiger partial charge in [0.05, 0.1) is 5.92 Å². The van der Waals surface area contributed by atoms with E-state index in [0.29, 0.717) is 13.1 Å². The lowest BCUT2D eigenvalue weighted by atomic mass is 10.0. The van der Waals surface area contributed by atoms with E-state index in [1.165, 1.54) is 11.1 Å². The number of benzene rings is 1. The largest absolute Gasteiger partial charge is 0.369 e. The predicted octanol–water partition coefficient (Wildman–Crippen LogP) is 1.14. The maximum Gasteiger partial charge on any atom is 0.223 e. The van der Waals surface area contributed by atoms with Gasteiger partial charge in [0.15, 0.2) is 0 Å². The summed E-state index contributed by atoms with van der Waals surface area (Å²) in [5.74, 6) is -0.700. The van der Waals surface area contributed by atoms with Crippen LogP contribution in [-0.4, -0.2) is 23.3 Å². The van der Waals surface area contributed by atoms with Crippen LogP contribution < -0.4 is 5.73 Å². The average Bonchev–Trinajstić information content (AvgIpc) is 2.67. The third-order valence-corrected chi connectivity index (χ3v) is 3.69. The minimum Gasteiger partial charge on any atom is -0.369 e. The Morgan fingerprint density at radius 1 is 1.44 bits per heavy atom.